The second-order valence-electron chi connectivity index (χ2n) is 6.17. The SMILES string of the molecule is CCNC(=NCc1ccc(O)c(OCC)c1)NCC(C)Oc1ccccc1F.I. The van der Waals surface area contributed by atoms with E-state index in [1.54, 1.807) is 36.4 Å². The first kappa shape index (κ1) is 24.8. The number of guanidine groups is 1. The molecule has 2 aromatic rings. The predicted octanol–water partition coefficient (Wildman–Crippen LogP) is 4.07. The van der Waals surface area contributed by atoms with Crippen LogP contribution in [0.5, 0.6) is 17.2 Å². The molecule has 0 aliphatic rings. The Kier molecular flexibility index (Phi) is 11.2. The number of aromatic hydroxyl groups is 1. The lowest BCUT2D eigenvalue weighted by atomic mass is 10.2. The number of phenolic OH excluding ortho intramolecular Hbond substituents is 1. The van der Waals surface area contributed by atoms with Crippen molar-refractivity contribution >= 4 is 29.9 Å². The molecule has 0 saturated heterocycles. The number of phenols is 1. The maximum atomic E-state index is 13.7. The Labute approximate surface area is 188 Å². The van der Waals surface area contributed by atoms with E-state index in [9.17, 15) is 9.50 Å². The highest BCUT2D eigenvalue weighted by molar-refractivity contribution is 14.0. The Balaban J connectivity index is 0.00000420. The van der Waals surface area contributed by atoms with E-state index in [0.717, 1.165) is 5.56 Å². The number of ether oxygens (including phenoxy) is 2. The first-order chi connectivity index (χ1) is 13.5. The van der Waals surface area contributed by atoms with Gasteiger partial charge in [-0.25, -0.2) is 9.38 Å². The van der Waals surface area contributed by atoms with Gasteiger partial charge in [-0.2, -0.15) is 0 Å². The molecule has 0 aliphatic carbocycles. The van der Waals surface area contributed by atoms with Crippen molar-refractivity contribution < 1.29 is 19.0 Å². The fraction of sp³-hybridized carbons (Fsp3) is 0.381. The highest BCUT2D eigenvalue weighted by Gasteiger charge is 2.09. The van der Waals surface area contributed by atoms with Gasteiger partial charge in [0, 0.05) is 6.54 Å². The Morgan fingerprint density at radius 1 is 1.14 bits per heavy atom. The molecular formula is C21H29FIN3O3. The zero-order valence-corrected chi connectivity index (χ0v) is 19.3. The smallest absolute Gasteiger partial charge is 0.191 e. The van der Waals surface area contributed by atoms with E-state index in [2.05, 4.69) is 15.6 Å². The highest BCUT2D eigenvalue weighted by atomic mass is 127. The van der Waals surface area contributed by atoms with Crippen LogP contribution in [0.2, 0.25) is 0 Å². The summed E-state index contributed by atoms with van der Waals surface area (Å²) in [5, 5.41) is 16.1. The molecule has 3 N–H and O–H groups in total. The third-order valence-corrected chi connectivity index (χ3v) is 3.81. The summed E-state index contributed by atoms with van der Waals surface area (Å²) in [6, 6.07) is 11.5. The zero-order valence-electron chi connectivity index (χ0n) is 16.9. The maximum absolute atomic E-state index is 13.7. The van der Waals surface area contributed by atoms with Crippen molar-refractivity contribution in [2.75, 3.05) is 19.7 Å². The molecule has 2 rings (SSSR count). The number of nitrogens with one attached hydrogen (secondary N) is 2. The lowest BCUT2D eigenvalue weighted by Crippen LogP contribution is -2.41. The van der Waals surface area contributed by atoms with Crippen LogP contribution in [-0.2, 0) is 6.54 Å². The van der Waals surface area contributed by atoms with Gasteiger partial charge in [0.25, 0.3) is 0 Å². The van der Waals surface area contributed by atoms with Crippen molar-refractivity contribution in [3.05, 3.63) is 53.8 Å². The van der Waals surface area contributed by atoms with Crippen LogP contribution >= 0.6 is 24.0 Å². The summed E-state index contributed by atoms with van der Waals surface area (Å²) >= 11 is 0. The molecule has 0 fully saturated rings. The van der Waals surface area contributed by atoms with Gasteiger partial charge in [0.15, 0.2) is 29.0 Å². The minimum atomic E-state index is -0.382. The predicted molar refractivity (Wildman–Crippen MR) is 124 cm³/mol. The van der Waals surface area contributed by atoms with Gasteiger partial charge in [-0.3, -0.25) is 0 Å². The van der Waals surface area contributed by atoms with Crippen LogP contribution in [0.4, 0.5) is 4.39 Å². The number of hydrogen-bond acceptors (Lipinski definition) is 4. The molecule has 0 radical (unpaired) electrons. The van der Waals surface area contributed by atoms with Crippen molar-refractivity contribution in [2.24, 2.45) is 4.99 Å². The first-order valence-electron chi connectivity index (χ1n) is 9.41. The molecule has 0 amide bonds. The Morgan fingerprint density at radius 3 is 2.59 bits per heavy atom. The van der Waals surface area contributed by atoms with Crippen LogP contribution in [-0.4, -0.2) is 36.9 Å². The summed E-state index contributed by atoms with van der Waals surface area (Å²) in [5.74, 6) is 1.02. The van der Waals surface area contributed by atoms with Crippen LogP contribution in [0.1, 0.15) is 26.3 Å². The minimum absolute atomic E-state index is 0. The zero-order chi connectivity index (χ0) is 20.4. The summed E-state index contributed by atoms with van der Waals surface area (Å²) in [7, 11) is 0. The monoisotopic (exact) mass is 517 g/mol. The first-order valence-corrected chi connectivity index (χ1v) is 9.41. The van der Waals surface area contributed by atoms with E-state index < -0.39 is 0 Å². The number of benzene rings is 2. The molecule has 0 bridgehead atoms. The van der Waals surface area contributed by atoms with Crippen LogP contribution in [0.3, 0.4) is 0 Å². The third-order valence-electron chi connectivity index (χ3n) is 3.81. The number of halogens is 2. The van der Waals surface area contributed by atoms with Gasteiger partial charge in [0.2, 0.25) is 0 Å². The van der Waals surface area contributed by atoms with E-state index in [0.29, 0.717) is 38.0 Å². The van der Waals surface area contributed by atoms with E-state index in [-0.39, 0.29) is 47.4 Å². The molecule has 160 valence electrons. The van der Waals surface area contributed by atoms with E-state index in [1.807, 2.05) is 20.8 Å². The van der Waals surface area contributed by atoms with Crippen LogP contribution < -0.4 is 20.1 Å². The van der Waals surface area contributed by atoms with Gasteiger partial charge in [0.05, 0.1) is 19.7 Å². The fourth-order valence-corrected chi connectivity index (χ4v) is 2.48. The van der Waals surface area contributed by atoms with Gasteiger partial charge in [0.1, 0.15) is 6.10 Å². The average molecular weight is 517 g/mol. The van der Waals surface area contributed by atoms with Gasteiger partial charge in [-0.05, 0) is 50.6 Å². The standard InChI is InChI=1S/C21H28FN3O3.HI/c1-4-23-21(24-13-15(3)28-19-9-7-6-8-17(19)22)25-14-16-10-11-18(26)20(12-16)27-5-2;/h6-12,15,26H,4-5,13-14H2,1-3H3,(H2,23,24,25);1H. The Morgan fingerprint density at radius 2 is 1.90 bits per heavy atom. The second-order valence-corrected chi connectivity index (χ2v) is 6.17. The number of rotatable bonds is 9. The summed E-state index contributed by atoms with van der Waals surface area (Å²) in [5.41, 5.74) is 0.911. The minimum Gasteiger partial charge on any atom is -0.504 e. The molecule has 8 heteroatoms. The van der Waals surface area contributed by atoms with E-state index >= 15 is 0 Å². The quantitative estimate of drug-likeness (QED) is 0.266. The van der Waals surface area contributed by atoms with Crippen LogP contribution in [0.15, 0.2) is 47.5 Å². The fourth-order valence-electron chi connectivity index (χ4n) is 2.48. The number of aliphatic imine (C=N–C) groups is 1. The Hall–Kier alpha value is -2.23. The molecule has 1 atom stereocenters. The molecule has 2 aromatic carbocycles. The number of hydrogen-bond donors (Lipinski definition) is 3. The van der Waals surface area contributed by atoms with Gasteiger partial charge in [-0.1, -0.05) is 18.2 Å². The molecule has 29 heavy (non-hydrogen) atoms. The molecule has 6 nitrogen and oxygen atoms in total. The van der Waals surface area contributed by atoms with E-state index in [1.165, 1.54) is 6.07 Å². The topological polar surface area (TPSA) is 75.1 Å². The summed E-state index contributed by atoms with van der Waals surface area (Å²) < 4.78 is 24.7. The normalized spacial score (nSPS) is 11.9. The average Bonchev–Trinajstić information content (AvgIpc) is 2.68. The van der Waals surface area contributed by atoms with Crippen LogP contribution in [0.25, 0.3) is 0 Å². The largest absolute Gasteiger partial charge is 0.504 e. The van der Waals surface area contributed by atoms with Crippen molar-refractivity contribution in [3.8, 4) is 17.2 Å². The molecular weight excluding hydrogens is 488 g/mol. The summed E-state index contributed by atoms with van der Waals surface area (Å²) in [6.45, 7) is 7.75. The lowest BCUT2D eigenvalue weighted by Gasteiger charge is -2.18. The Bertz CT molecular complexity index is 790. The van der Waals surface area contributed by atoms with Crippen molar-refractivity contribution in [1.82, 2.24) is 10.6 Å². The molecule has 0 aromatic heterocycles. The highest BCUT2D eigenvalue weighted by Crippen LogP contribution is 2.27. The van der Waals surface area contributed by atoms with Gasteiger partial charge < -0.3 is 25.2 Å². The van der Waals surface area contributed by atoms with E-state index in [4.69, 9.17) is 9.47 Å². The third kappa shape index (κ3) is 8.35. The molecule has 0 aliphatic heterocycles. The van der Waals surface area contributed by atoms with Crippen molar-refractivity contribution in [3.63, 3.8) is 0 Å². The van der Waals surface area contributed by atoms with Gasteiger partial charge in [-0.15, -0.1) is 24.0 Å². The second kappa shape index (κ2) is 13.1. The van der Waals surface area contributed by atoms with Crippen molar-refractivity contribution in [2.45, 2.75) is 33.4 Å². The maximum Gasteiger partial charge on any atom is 0.191 e. The lowest BCUT2D eigenvalue weighted by molar-refractivity contribution is 0.214. The summed E-state index contributed by atoms with van der Waals surface area (Å²) in [6.07, 6.45) is -0.251. The van der Waals surface area contributed by atoms with Gasteiger partial charge >= 0.3 is 0 Å². The van der Waals surface area contributed by atoms with Crippen molar-refractivity contribution in [1.29, 1.82) is 0 Å². The molecule has 0 spiro atoms. The summed E-state index contributed by atoms with van der Waals surface area (Å²) in [4.78, 5) is 4.54. The molecule has 0 saturated carbocycles. The van der Waals surface area contributed by atoms with Crippen LogP contribution in [0, 0.1) is 5.82 Å². The molecule has 1 unspecified atom stereocenters. The molecule has 0 heterocycles. The number of para-hydroxylation sites is 1. The number of nitrogens with zero attached hydrogens (tertiary/aromatic N) is 1.